The van der Waals surface area contributed by atoms with E-state index in [0.29, 0.717) is 24.2 Å². The van der Waals surface area contributed by atoms with Crippen molar-refractivity contribution in [3.8, 4) is 0 Å². The van der Waals surface area contributed by atoms with Crippen LogP contribution in [0.15, 0.2) is 12.1 Å². The Balaban J connectivity index is 2.28. The highest BCUT2D eigenvalue weighted by Crippen LogP contribution is 2.31. The Morgan fingerprint density at radius 1 is 1.44 bits per heavy atom. The average molecular weight is 248 g/mol. The molecule has 1 aliphatic heterocycles. The Labute approximate surface area is 105 Å². The Morgan fingerprint density at radius 2 is 2.17 bits per heavy atom. The van der Waals surface area contributed by atoms with Gasteiger partial charge in [-0.1, -0.05) is 0 Å². The predicted molar refractivity (Wildman–Crippen MR) is 70.1 cm³/mol. The van der Waals surface area contributed by atoms with Crippen molar-refractivity contribution in [3.63, 3.8) is 0 Å². The number of amides is 2. The van der Waals surface area contributed by atoms with Gasteiger partial charge in [-0.2, -0.15) is 0 Å². The van der Waals surface area contributed by atoms with E-state index >= 15 is 0 Å². The summed E-state index contributed by atoms with van der Waals surface area (Å²) in [5.74, 6) is -0.450. The van der Waals surface area contributed by atoms with Gasteiger partial charge in [0.15, 0.2) is 0 Å². The number of rotatable bonds is 3. The third-order valence-electron chi connectivity index (χ3n) is 2.97. The fraction of sp³-hybridized carbons (Fsp3) is 0.333. The van der Waals surface area contributed by atoms with Crippen molar-refractivity contribution >= 4 is 28.9 Å². The first-order valence-electron chi connectivity index (χ1n) is 5.75. The molecule has 0 aliphatic carbocycles. The fourth-order valence-electron chi connectivity index (χ4n) is 1.87. The van der Waals surface area contributed by atoms with Crippen LogP contribution in [0, 0.1) is 0 Å². The Morgan fingerprint density at radius 3 is 2.83 bits per heavy atom. The van der Waals surface area contributed by atoms with E-state index in [4.69, 9.17) is 11.5 Å². The van der Waals surface area contributed by atoms with E-state index < -0.39 is 11.9 Å². The molecule has 96 valence electrons. The van der Waals surface area contributed by atoms with Crippen molar-refractivity contribution in [3.05, 3.63) is 17.7 Å². The van der Waals surface area contributed by atoms with Gasteiger partial charge in [0.2, 0.25) is 11.8 Å². The monoisotopic (exact) mass is 248 g/mol. The summed E-state index contributed by atoms with van der Waals surface area (Å²) in [6, 6.07) is 3.05. The largest absolute Gasteiger partial charge is 0.397 e. The van der Waals surface area contributed by atoms with Gasteiger partial charge < -0.3 is 22.1 Å². The Bertz CT molecular complexity index is 513. The van der Waals surface area contributed by atoms with E-state index in [2.05, 4.69) is 10.6 Å². The second kappa shape index (κ2) is 4.56. The van der Waals surface area contributed by atoms with Gasteiger partial charge in [0.05, 0.1) is 11.4 Å². The van der Waals surface area contributed by atoms with Gasteiger partial charge in [-0.15, -0.1) is 0 Å². The Hall–Kier alpha value is -2.24. The molecule has 1 heterocycles. The van der Waals surface area contributed by atoms with Crippen LogP contribution < -0.4 is 22.1 Å². The van der Waals surface area contributed by atoms with Crippen molar-refractivity contribution in [1.82, 2.24) is 0 Å². The SMILES string of the molecule is CC(Nc1cc2c(cc1N)NC(=O)CC2)C(N)=O. The summed E-state index contributed by atoms with van der Waals surface area (Å²) in [7, 11) is 0. The first-order chi connectivity index (χ1) is 8.47. The molecule has 6 heteroatoms. The molecule has 1 aromatic carbocycles. The molecule has 2 amide bonds. The molecule has 0 radical (unpaired) electrons. The molecule has 0 fully saturated rings. The summed E-state index contributed by atoms with van der Waals surface area (Å²) < 4.78 is 0. The lowest BCUT2D eigenvalue weighted by Gasteiger charge is -2.21. The number of nitrogen functional groups attached to an aromatic ring is 1. The number of carbonyl (C=O) groups is 2. The quantitative estimate of drug-likeness (QED) is 0.582. The maximum absolute atomic E-state index is 11.3. The molecule has 6 nitrogen and oxygen atoms in total. The second-order valence-corrected chi connectivity index (χ2v) is 4.41. The van der Waals surface area contributed by atoms with Gasteiger partial charge in [-0.3, -0.25) is 9.59 Å². The second-order valence-electron chi connectivity index (χ2n) is 4.41. The van der Waals surface area contributed by atoms with Crippen LogP contribution in [0.5, 0.6) is 0 Å². The third kappa shape index (κ3) is 2.37. The van der Waals surface area contributed by atoms with Crippen LogP contribution in [0.3, 0.4) is 0 Å². The maximum atomic E-state index is 11.3. The molecule has 1 aromatic rings. The molecule has 1 aliphatic rings. The summed E-state index contributed by atoms with van der Waals surface area (Å²) in [5.41, 5.74) is 13.9. The molecule has 18 heavy (non-hydrogen) atoms. The number of hydrogen-bond acceptors (Lipinski definition) is 4. The van der Waals surface area contributed by atoms with Crippen molar-refractivity contribution in [2.45, 2.75) is 25.8 Å². The number of primary amides is 1. The van der Waals surface area contributed by atoms with E-state index in [-0.39, 0.29) is 5.91 Å². The van der Waals surface area contributed by atoms with Gasteiger partial charge in [0.1, 0.15) is 6.04 Å². The number of hydrogen-bond donors (Lipinski definition) is 4. The summed E-state index contributed by atoms with van der Waals surface area (Å²) in [4.78, 5) is 22.3. The molecule has 0 aromatic heterocycles. The number of nitrogens with one attached hydrogen (secondary N) is 2. The van der Waals surface area contributed by atoms with E-state index in [1.807, 2.05) is 6.07 Å². The van der Waals surface area contributed by atoms with Gasteiger partial charge in [-0.05, 0) is 31.0 Å². The van der Waals surface area contributed by atoms with Crippen molar-refractivity contribution in [2.24, 2.45) is 5.73 Å². The normalized spacial score (nSPS) is 15.5. The van der Waals surface area contributed by atoms with Crippen molar-refractivity contribution in [2.75, 3.05) is 16.4 Å². The molecule has 0 saturated heterocycles. The molecule has 1 atom stereocenters. The first-order valence-corrected chi connectivity index (χ1v) is 5.75. The summed E-state index contributed by atoms with van der Waals surface area (Å²) in [6.07, 6.45) is 1.13. The zero-order valence-electron chi connectivity index (χ0n) is 10.1. The molecule has 0 bridgehead atoms. The highest BCUT2D eigenvalue weighted by Gasteiger charge is 2.18. The van der Waals surface area contributed by atoms with Crippen LogP contribution >= 0.6 is 0 Å². The van der Waals surface area contributed by atoms with Crippen LogP contribution in [0.2, 0.25) is 0 Å². The van der Waals surface area contributed by atoms with E-state index in [1.165, 1.54) is 0 Å². The van der Waals surface area contributed by atoms with Crippen LogP contribution in [0.4, 0.5) is 17.1 Å². The van der Waals surface area contributed by atoms with Crippen LogP contribution in [0.25, 0.3) is 0 Å². The zero-order valence-corrected chi connectivity index (χ0v) is 10.1. The number of nitrogens with two attached hydrogens (primary N) is 2. The minimum atomic E-state index is -0.497. The molecule has 0 saturated carbocycles. The molecular formula is C12H16N4O2. The first kappa shape index (κ1) is 12.2. The number of fused-ring (bicyclic) bond motifs is 1. The molecule has 0 spiro atoms. The number of benzene rings is 1. The molecular weight excluding hydrogens is 232 g/mol. The summed E-state index contributed by atoms with van der Waals surface area (Å²) in [5, 5.41) is 5.72. The van der Waals surface area contributed by atoms with Gasteiger partial charge >= 0.3 is 0 Å². The van der Waals surface area contributed by atoms with Crippen molar-refractivity contribution < 1.29 is 9.59 Å². The Kier molecular flexibility index (Phi) is 3.10. The van der Waals surface area contributed by atoms with Gasteiger partial charge in [0, 0.05) is 12.1 Å². The lowest BCUT2D eigenvalue weighted by Crippen LogP contribution is -2.32. The highest BCUT2D eigenvalue weighted by molar-refractivity contribution is 5.96. The molecule has 6 N–H and O–H groups in total. The van der Waals surface area contributed by atoms with Gasteiger partial charge in [0.25, 0.3) is 0 Å². The highest BCUT2D eigenvalue weighted by atomic mass is 16.2. The number of anilines is 3. The topological polar surface area (TPSA) is 110 Å². The van der Waals surface area contributed by atoms with Crippen LogP contribution in [-0.4, -0.2) is 17.9 Å². The fourth-order valence-corrected chi connectivity index (χ4v) is 1.87. The summed E-state index contributed by atoms with van der Waals surface area (Å²) >= 11 is 0. The average Bonchev–Trinajstić information content (AvgIpc) is 2.30. The maximum Gasteiger partial charge on any atom is 0.239 e. The van der Waals surface area contributed by atoms with E-state index in [9.17, 15) is 9.59 Å². The van der Waals surface area contributed by atoms with E-state index in [0.717, 1.165) is 11.3 Å². The molecule has 1 unspecified atom stereocenters. The zero-order chi connectivity index (χ0) is 13.3. The van der Waals surface area contributed by atoms with Gasteiger partial charge in [-0.25, -0.2) is 0 Å². The minimum absolute atomic E-state index is 0.00638. The summed E-state index contributed by atoms with van der Waals surface area (Å²) in [6.45, 7) is 1.67. The standard InChI is InChI=1S/C12H16N4O2/c1-6(12(14)18)15-10-4-7-2-3-11(17)16-9(7)5-8(10)13/h4-6,15H,2-3,13H2,1H3,(H2,14,18)(H,16,17). The third-order valence-corrected chi connectivity index (χ3v) is 2.97. The smallest absolute Gasteiger partial charge is 0.239 e. The van der Waals surface area contributed by atoms with Crippen LogP contribution in [0.1, 0.15) is 18.9 Å². The van der Waals surface area contributed by atoms with Crippen LogP contribution in [-0.2, 0) is 16.0 Å². The lowest BCUT2D eigenvalue weighted by molar-refractivity contribution is -0.118. The number of carbonyl (C=O) groups excluding carboxylic acids is 2. The predicted octanol–water partition coefficient (Wildman–Crippen LogP) is 0.439. The number of aryl methyl sites for hydroxylation is 1. The van der Waals surface area contributed by atoms with E-state index in [1.54, 1.807) is 13.0 Å². The molecule has 2 rings (SSSR count). The van der Waals surface area contributed by atoms with Crippen molar-refractivity contribution in [1.29, 1.82) is 0 Å². The lowest BCUT2D eigenvalue weighted by atomic mass is 10.0. The minimum Gasteiger partial charge on any atom is -0.397 e.